The topological polar surface area (TPSA) is 49.3 Å². The van der Waals surface area contributed by atoms with Gasteiger partial charge in [-0.05, 0) is 38.0 Å². The SMILES string of the molecule is CC(C)=C[C@H]1[C@H](C(=O)NCC2(O)CCCCCC2)C1(C)C. The zero-order valence-electron chi connectivity index (χ0n) is 14.0. The highest BCUT2D eigenvalue weighted by Gasteiger charge is 2.60. The van der Waals surface area contributed by atoms with Gasteiger partial charge in [0.25, 0.3) is 0 Å². The smallest absolute Gasteiger partial charge is 0.224 e. The molecule has 2 N–H and O–H groups in total. The Morgan fingerprint density at radius 3 is 2.29 bits per heavy atom. The van der Waals surface area contributed by atoms with Crippen molar-refractivity contribution in [3.05, 3.63) is 11.6 Å². The molecule has 0 aromatic rings. The fourth-order valence-corrected chi connectivity index (χ4v) is 3.77. The minimum Gasteiger partial charge on any atom is -0.388 e. The van der Waals surface area contributed by atoms with Crippen molar-refractivity contribution in [1.29, 1.82) is 0 Å². The molecule has 1 amide bonds. The van der Waals surface area contributed by atoms with Gasteiger partial charge in [0.2, 0.25) is 5.91 Å². The van der Waals surface area contributed by atoms with Crippen LogP contribution in [0.15, 0.2) is 11.6 Å². The molecule has 0 radical (unpaired) electrons. The molecule has 2 saturated carbocycles. The van der Waals surface area contributed by atoms with Crippen LogP contribution < -0.4 is 5.32 Å². The van der Waals surface area contributed by atoms with Crippen LogP contribution >= 0.6 is 0 Å². The van der Waals surface area contributed by atoms with Crippen LogP contribution in [0, 0.1) is 17.3 Å². The number of amides is 1. The summed E-state index contributed by atoms with van der Waals surface area (Å²) in [4.78, 5) is 12.4. The maximum atomic E-state index is 12.4. The van der Waals surface area contributed by atoms with E-state index >= 15 is 0 Å². The van der Waals surface area contributed by atoms with E-state index in [1.165, 1.54) is 18.4 Å². The van der Waals surface area contributed by atoms with E-state index in [4.69, 9.17) is 0 Å². The number of hydrogen-bond donors (Lipinski definition) is 2. The molecule has 21 heavy (non-hydrogen) atoms. The molecule has 2 fully saturated rings. The van der Waals surface area contributed by atoms with E-state index < -0.39 is 5.60 Å². The Morgan fingerprint density at radius 2 is 1.76 bits per heavy atom. The lowest BCUT2D eigenvalue weighted by molar-refractivity contribution is -0.124. The van der Waals surface area contributed by atoms with Crippen molar-refractivity contribution in [2.75, 3.05) is 6.54 Å². The third-order valence-electron chi connectivity index (χ3n) is 5.33. The molecule has 2 atom stereocenters. The second kappa shape index (κ2) is 6.12. The first-order valence-corrected chi connectivity index (χ1v) is 8.41. The van der Waals surface area contributed by atoms with Crippen LogP contribution in [0.3, 0.4) is 0 Å². The Balaban J connectivity index is 1.89. The summed E-state index contributed by atoms with van der Waals surface area (Å²) in [6.45, 7) is 8.89. The van der Waals surface area contributed by atoms with Gasteiger partial charge in [-0.3, -0.25) is 4.79 Å². The normalized spacial score (nSPS) is 30.1. The minimum atomic E-state index is -0.683. The summed E-state index contributed by atoms with van der Waals surface area (Å²) >= 11 is 0. The van der Waals surface area contributed by atoms with Crippen LogP contribution in [-0.2, 0) is 4.79 Å². The van der Waals surface area contributed by atoms with Crippen LogP contribution in [0.5, 0.6) is 0 Å². The van der Waals surface area contributed by atoms with E-state index in [0.717, 1.165) is 25.7 Å². The molecule has 0 heterocycles. The number of aliphatic hydroxyl groups is 1. The molecule has 0 aromatic carbocycles. The summed E-state index contributed by atoms with van der Waals surface area (Å²) < 4.78 is 0. The third-order valence-corrected chi connectivity index (χ3v) is 5.33. The zero-order chi connectivity index (χ0) is 15.7. The highest BCUT2D eigenvalue weighted by atomic mass is 16.3. The van der Waals surface area contributed by atoms with Crippen LogP contribution in [0.2, 0.25) is 0 Å². The Labute approximate surface area is 129 Å². The lowest BCUT2D eigenvalue weighted by Crippen LogP contribution is -2.43. The third kappa shape index (κ3) is 3.88. The molecule has 0 aromatic heterocycles. The van der Waals surface area contributed by atoms with Crippen LogP contribution in [0.4, 0.5) is 0 Å². The predicted octanol–water partition coefficient (Wildman–Crippen LogP) is 3.43. The molecule has 0 unspecified atom stereocenters. The van der Waals surface area contributed by atoms with E-state index in [1.54, 1.807) is 0 Å². The van der Waals surface area contributed by atoms with Gasteiger partial charge in [0, 0.05) is 6.54 Å². The Morgan fingerprint density at radius 1 is 1.19 bits per heavy atom. The standard InChI is InChI=1S/C18H31NO2/c1-13(2)11-14-15(17(14,3)4)16(20)19-12-18(21)9-7-5-6-8-10-18/h11,14-15,21H,5-10,12H2,1-4H3,(H,19,20)/t14-,15+/m0/s1. The van der Waals surface area contributed by atoms with Crippen LogP contribution in [-0.4, -0.2) is 23.2 Å². The van der Waals surface area contributed by atoms with Gasteiger partial charge in [-0.25, -0.2) is 0 Å². The summed E-state index contributed by atoms with van der Waals surface area (Å²) in [6.07, 6.45) is 8.40. The van der Waals surface area contributed by atoms with E-state index in [2.05, 4.69) is 39.1 Å². The average molecular weight is 293 g/mol. The number of hydrogen-bond acceptors (Lipinski definition) is 2. The predicted molar refractivity (Wildman–Crippen MR) is 85.9 cm³/mol. The van der Waals surface area contributed by atoms with Crippen molar-refractivity contribution in [3.63, 3.8) is 0 Å². The van der Waals surface area contributed by atoms with Crippen molar-refractivity contribution >= 4 is 5.91 Å². The number of allylic oxidation sites excluding steroid dienone is 2. The van der Waals surface area contributed by atoms with Gasteiger partial charge in [0.15, 0.2) is 0 Å². The molecule has 0 spiro atoms. The quantitative estimate of drug-likeness (QED) is 0.616. The van der Waals surface area contributed by atoms with E-state index in [-0.39, 0.29) is 17.2 Å². The molecule has 2 aliphatic rings. The number of nitrogens with one attached hydrogen (secondary N) is 1. The van der Waals surface area contributed by atoms with E-state index in [0.29, 0.717) is 12.5 Å². The first-order valence-electron chi connectivity index (χ1n) is 8.41. The molecule has 120 valence electrons. The fraction of sp³-hybridized carbons (Fsp3) is 0.833. The minimum absolute atomic E-state index is 0.0490. The Bertz CT molecular complexity index is 413. The van der Waals surface area contributed by atoms with Gasteiger partial charge in [-0.15, -0.1) is 0 Å². The van der Waals surface area contributed by atoms with E-state index in [1.807, 2.05) is 0 Å². The van der Waals surface area contributed by atoms with Crippen molar-refractivity contribution in [1.82, 2.24) is 5.32 Å². The first kappa shape index (κ1) is 16.5. The van der Waals surface area contributed by atoms with Gasteiger partial charge in [-0.1, -0.05) is 51.2 Å². The molecular formula is C18H31NO2. The van der Waals surface area contributed by atoms with Crippen LogP contribution in [0.25, 0.3) is 0 Å². The molecule has 3 nitrogen and oxygen atoms in total. The molecular weight excluding hydrogens is 262 g/mol. The number of carbonyl (C=O) groups is 1. The van der Waals surface area contributed by atoms with E-state index in [9.17, 15) is 9.90 Å². The summed E-state index contributed by atoms with van der Waals surface area (Å²) in [5.74, 6) is 0.508. The van der Waals surface area contributed by atoms with Crippen LogP contribution in [0.1, 0.15) is 66.2 Å². The maximum Gasteiger partial charge on any atom is 0.224 e. The first-order chi connectivity index (χ1) is 9.76. The number of carbonyl (C=O) groups excluding carboxylic acids is 1. The summed E-state index contributed by atoms with van der Waals surface area (Å²) in [7, 11) is 0. The molecule has 3 heteroatoms. The average Bonchev–Trinajstić information content (AvgIpc) is 2.99. The molecule has 2 aliphatic carbocycles. The monoisotopic (exact) mass is 293 g/mol. The lowest BCUT2D eigenvalue weighted by atomic mass is 9.94. The van der Waals surface area contributed by atoms with Gasteiger partial charge in [0.1, 0.15) is 0 Å². The lowest BCUT2D eigenvalue weighted by Gasteiger charge is -2.27. The molecule has 2 rings (SSSR count). The van der Waals surface area contributed by atoms with Gasteiger partial charge in [0.05, 0.1) is 11.5 Å². The number of rotatable bonds is 4. The van der Waals surface area contributed by atoms with Gasteiger partial charge < -0.3 is 10.4 Å². The molecule has 0 bridgehead atoms. The van der Waals surface area contributed by atoms with Crippen molar-refractivity contribution in [2.45, 2.75) is 71.8 Å². The Hall–Kier alpha value is -0.830. The second-order valence-electron chi connectivity index (χ2n) is 7.93. The summed E-state index contributed by atoms with van der Waals surface area (Å²) in [6, 6.07) is 0. The highest BCUT2D eigenvalue weighted by molar-refractivity contribution is 5.83. The van der Waals surface area contributed by atoms with Crippen molar-refractivity contribution in [3.8, 4) is 0 Å². The second-order valence-corrected chi connectivity index (χ2v) is 7.93. The Kier molecular flexibility index (Phi) is 4.82. The van der Waals surface area contributed by atoms with Crippen molar-refractivity contribution < 1.29 is 9.90 Å². The molecule has 0 aliphatic heterocycles. The van der Waals surface area contributed by atoms with Crippen molar-refractivity contribution in [2.24, 2.45) is 17.3 Å². The fourth-order valence-electron chi connectivity index (χ4n) is 3.77. The maximum absolute atomic E-state index is 12.4. The van der Waals surface area contributed by atoms with Gasteiger partial charge in [-0.2, -0.15) is 0 Å². The van der Waals surface area contributed by atoms with Gasteiger partial charge >= 0.3 is 0 Å². The zero-order valence-corrected chi connectivity index (χ0v) is 14.0. The summed E-state index contributed by atoms with van der Waals surface area (Å²) in [5.41, 5.74) is 0.635. The highest BCUT2D eigenvalue weighted by Crippen LogP contribution is 2.59. The molecule has 0 saturated heterocycles. The summed E-state index contributed by atoms with van der Waals surface area (Å²) in [5, 5.41) is 13.6. The largest absolute Gasteiger partial charge is 0.388 e.